The van der Waals surface area contributed by atoms with E-state index in [0.717, 1.165) is 5.69 Å². The minimum atomic E-state index is 1.03. The van der Waals surface area contributed by atoms with Gasteiger partial charge in [0.05, 0.1) is 0 Å². The Labute approximate surface area is 234 Å². The van der Waals surface area contributed by atoms with E-state index in [1.165, 1.54) is 71.6 Å². The fourth-order valence-electron chi connectivity index (χ4n) is 5.89. The van der Waals surface area contributed by atoms with Crippen molar-refractivity contribution in [3.8, 4) is 44.5 Å². The van der Waals surface area contributed by atoms with Crippen molar-refractivity contribution < 1.29 is 0 Å². The highest BCUT2D eigenvalue weighted by atomic mass is 14.6. The Kier molecular flexibility index (Phi) is 5.94. The number of fused-ring (bicyclic) bond motifs is 2. The van der Waals surface area contributed by atoms with Crippen molar-refractivity contribution in [3.05, 3.63) is 145 Å². The van der Waals surface area contributed by atoms with Crippen molar-refractivity contribution in [2.75, 3.05) is 0 Å². The molecule has 0 amide bonds. The van der Waals surface area contributed by atoms with Crippen LogP contribution in [-0.4, -0.2) is 9.97 Å². The van der Waals surface area contributed by atoms with Crippen LogP contribution in [0.2, 0.25) is 0 Å². The van der Waals surface area contributed by atoms with Crippen LogP contribution in [0.15, 0.2) is 134 Å². The maximum atomic E-state index is 4.35. The fourth-order valence-corrected chi connectivity index (χ4v) is 5.89. The van der Waals surface area contributed by atoms with E-state index in [-0.39, 0.29) is 0 Å². The molecule has 0 atom stereocenters. The molecule has 190 valence electrons. The van der Waals surface area contributed by atoms with Crippen LogP contribution in [-0.2, 0) is 0 Å². The van der Waals surface area contributed by atoms with Gasteiger partial charge in [0.25, 0.3) is 0 Å². The summed E-state index contributed by atoms with van der Waals surface area (Å²) >= 11 is 0. The second-order valence-corrected chi connectivity index (χ2v) is 10.4. The quantitative estimate of drug-likeness (QED) is 0.219. The van der Waals surface area contributed by atoms with E-state index in [9.17, 15) is 0 Å². The Morgan fingerprint density at radius 2 is 0.950 bits per heavy atom. The highest BCUT2D eigenvalue weighted by Crippen LogP contribution is 2.44. The Morgan fingerprint density at radius 3 is 1.45 bits per heavy atom. The highest BCUT2D eigenvalue weighted by molar-refractivity contribution is 6.21. The molecule has 0 fully saturated rings. The third-order valence-corrected chi connectivity index (χ3v) is 7.86. The first-order chi connectivity index (χ1) is 19.7. The predicted octanol–water partition coefficient (Wildman–Crippen LogP) is 10.1. The van der Waals surface area contributed by atoms with Crippen LogP contribution in [0.25, 0.3) is 66.1 Å². The van der Waals surface area contributed by atoms with Crippen molar-refractivity contribution in [2.45, 2.75) is 13.8 Å². The molecule has 7 aromatic rings. The Bertz CT molecular complexity index is 1950. The SMILES string of the molecule is Cc1cc(-c2ccc(-c3c4ccccc4c(-c4ccc(-c5cnccc5C)cc4)c4ccccc34)cc2)ccn1. The number of hydrogen-bond donors (Lipinski definition) is 0. The lowest BCUT2D eigenvalue weighted by Gasteiger charge is -2.18. The van der Waals surface area contributed by atoms with Gasteiger partial charge in [0.15, 0.2) is 0 Å². The molecule has 0 spiro atoms. The highest BCUT2D eigenvalue weighted by Gasteiger charge is 2.16. The number of nitrogens with zero attached hydrogens (tertiary/aromatic N) is 2. The lowest BCUT2D eigenvalue weighted by Crippen LogP contribution is -1.91. The summed E-state index contributed by atoms with van der Waals surface area (Å²) in [6.45, 7) is 4.17. The van der Waals surface area contributed by atoms with Crippen molar-refractivity contribution in [2.24, 2.45) is 0 Å². The van der Waals surface area contributed by atoms with Crippen molar-refractivity contribution in [1.29, 1.82) is 0 Å². The lowest BCUT2D eigenvalue weighted by molar-refractivity contribution is 1.20. The fraction of sp³-hybridized carbons (Fsp3) is 0.0526. The zero-order valence-electron chi connectivity index (χ0n) is 22.6. The van der Waals surface area contributed by atoms with Crippen molar-refractivity contribution >= 4 is 21.5 Å². The van der Waals surface area contributed by atoms with E-state index >= 15 is 0 Å². The number of aromatic nitrogens is 2. The molecule has 0 aliphatic carbocycles. The summed E-state index contributed by atoms with van der Waals surface area (Å²) < 4.78 is 0. The number of pyridine rings is 2. The van der Waals surface area contributed by atoms with Gasteiger partial charge in [-0.15, -0.1) is 0 Å². The van der Waals surface area contributed by atoms with Crippen LogP contribution >= 0.6 is 0 Å². The van der Waals surface area contributed by atoms with Gasteiger partial charge in [0.2, 0.25) is 0 Å². The van der Waals surface area contributed by atoms with Crippen LogP contribution in [0.1, 0.15) is 11.3 Å². The summed E-state index contributed by atoms with van der Waals surface area (Å²) in [5.74, 6) is 0. The molecule has 0 saturated carbocycles. The monoisotopic (exact) mass is 512 g/mol. The van der Waals surface area contributed by atoms with Gasteiger partial charge in [0.1, 0.15) is 0 Å². The molecule has 0 bridgehead atoms. The summed E-state index contributed by atoms with van der Waals surface area (Å²) in [7, 11) is 0. The minimum absolute atomic E-state index is 1.03. The Balaban J connectivity index is 1.41. The van der Waals surface area contributed by atoms with Crippen LogP contribution in [0.4, 0.5) is 0 Å². The van der Waals surface area contributed by atoms with Gasteiger partial charge in [-0.3, -0.25) is 9.97 Å². The van der Waals surface area contributed by atoms with Gasteiger partial charge in [-0.2, -0.15) is 0 Å². The summed E-state index contributed by atoms with van der Waals surface area (Å²) in [5.41, 5.74) is 12.0. The van der Waals surface area contributed by atoms with Crippen LogP contribution in [0.3, 0.4) is 0 Å². The first kappa shape index (κ1) is 24.0. The molecule has 0 saturated heterocycles. The minimum Gasteiger partial charge on any atom is -0.264 e. The van der Waals surface area contributed by atoms with Crippen LogP contribution < -0.4 is 0 Å². The van der Waals surface area contributed by atoms with E-state index in [2.05, 4.69) is 132 Å². The molecule has 40 heavy (non-hydrogen) atoms. The first-order valence-corrected chi connectivity index (χ1v) is 13.7. The second kappa shape index (κ2) is 9.91. The lowest BCUT2D eigenvalue weighted by atomic mass is 9.85. The summed E-state index contributed by atoms with van der Waals surface area (Å²) in [4.78, 5) is 8.70. The zero-order valence-corrected chi connectivity index (χ0v) is 22.6. The second-order valence-electron chi connectivity index (χ2n) is 10.4. The van der Waals surface area contributed by atoms with Crippen molar-refractivity contribution in [3.63, 3.8) is 0 Å². The smallest absolute Gasteiger partial charge is 0.0378 e. The Morgan fingerprint density at radius 1 is 0.450 bits per heavy atom. The maximum Gasteiger partial charge on any atom is 0.0378 e. The number of aryl methyl sites for hydroxylation is 2. The number of benzene rings is 5. The largest absolute Gasteiger partial charge is 0.264 e. The summed E-state index contributed by atoms with van der Waals surface area (Å²) in [6.07, 6.45) is 5.68. The van der Waals surface area contributed by atoms with E-state index < -0.39 is 0 Å². The molecule has 2 nitrogen and oxygen atoms in total. The van der Waals surface area contributed by atoms with E-state index in [4.69, 9.17) is 0 Å². The van der Waals surface area contributed by atoms with Crippen LogP contribution in [0.5, 0.6) is 0 Å². The molecular weight excluding hydrogens is 484 g/mol. The van der Waals surface area contributed by atoms with E-state index in [1.807, 2.05) is 25.5 Å². The Hall–Kier alpha value is -5.08. The van der Waals surface area contributed by atoms with E-state index in [0.29, 0.717) is 0 Å². The molecular formula is C38H28N2. The standard InChI is InChI=1S/C38H28N2/c1-25-19-21-39-24-36(25)28-13-17-30(18-14-28)38-34-9-5-3-7-32(34)37(33-8-4-6-10-35(33)38)29-15-11-27(12-16-29)31-20-22-40-26(2)23-31/h3-24H,1-2H3. The van der Waals surface area contributed by atoms with E-state index in [1.54, 1.807) is 0 Å². The average Bonchev–Trinajstić information content (AvgIpc) is 3.00. The predicted molar refractivity (Wildman–Crippen MR) is 168 cm³/mol. The molecule has 0 N–H and O–H groups in total. The summed E-state index contributed by atoms with van der Waals surface area (Å²) in [5, 5.41) is 5.04. The molecule has 0 unspecified atom stereocenters. The molecule has 0 aliphatic heterocycles. The normalized spacial score (nSPS) is 11.2. The molecule has 0 radical (unpaired) electrons. The summed E-state index contributed by atoms with van der Waals surface area (Å²) in [6, 6.07) is 41.8. The molecule has 2 heterocycles. The third-order valence-electron chi connectivity index (χ3n) is 7.86. The van der Waals surface area contributed by atoms with Gasteiger partial charge < -0.3 is 0 Å². The average molecular weight is 513 g/mol. The molecule has 0 aliphatic rings. The van der Waals surface area contributed by atoms with Gasteiger partial charge >= 0.3 is 0 Å². The molecule has 2 heteroatoms. The first-order valence-electron chi connectivity index (χ1n) is 13.7. The number of rotatable bonds is 4. The van der Waals surface area contributed by atoms with Gasteiger partial charge in [0, 0.05) is 29.8 Å². The van der Waals surface area contributed by atoms with Crippen LogP contribution in [0, 0.1) is 13.8 Å². The number of hydrogen-bond acceptors (Lipinski definition) is 2. The topological polar surface area (TPSA) is 25.8 Å². The van der Waals surface area contributed by atoms with Gasteiger partial charge in [-0.25, -0.2) is 0 Å². The maximum absolute atomic E-state index is 4.35. The van der Waals surface area contributed by atoms with Crippen molar-refractivity contribution in [1.82, 2.24) is 9.97 Å². The van der Waals surface area contributed by atoms with Gasteiger partial charge in [-0.1, -0.05) is 97.1 Å². The molecule has 7 rings (SSSR count). The molecule has 2 aromatic heterocycles. The zero-order chi connectivity index (χ0) is 27.1. The molecule has 5 aromatic carbocycles. The van der Waals surface area contributed by atoms with Gasteiger partial charge in [-0.05, 0) is 98.1 Å². The third kappa shape index (κ3) is 4.15.